The van der Waals surface area contributed by atoms with E-state index in [2.05, 4.69) is 95.0 Å². The van der Waals surface area contributed by atoms with Crippen LogP contribution >= 0.6 is 0 Å². The largest absolute Gasteiger partial charge is 0.508 e. The number of H-pyrrole nitrogens is 1. The van der Waals surface area contributed by atoms with E-state index in [-0.39, 0.29) is 145 Å². The van der Waals surface area contributed by atoms with E-state index in [1.54, 1.807) is 113 Å². The van der Waals surface area contributed by atoms with Gasteiger partial charge in [0.2, 0.25) is 82.7 Å². The van der Waals surface area contributed by atoms with Gasteiger partial charge in [0, 0.05) is 50.7 Å². The number of carboxylic acids is 2. The highest BCUT2D eigenvalue weighted by molar-refractivity contribution is 6.01. The SMILES string of the molecule is CC(C)C[C@H](NC(=O)[C@H](CC(C)C)NC(=O)[C@H](CC(C)C)NC(=O)[C@H](Cc1ccccc1)NC(=O)[C@H](Cc1cnc[nH]1)NC(=O)[C@@H](NC(=O)[C@H](CC(C)C)NC(=O)[C@H](CCC(=O)O)NC(=O)[C@H](C)NC(=O)[C@@H](NC(=O)[C@H](CCCCN)NC(=O)[C@@H](N)CCCNC(=N)N)C(C)C)C(C)C)C(=O)N[C@@H](CCCCN)C(=O)N[C@@H](Cc1ccc(O)cc1)C(=O)N[C@@H](CCCNC(=N)N)C(=O)O. The molecule has 0 saturated carbocycles. The summed E-state index contributed by atoms with van der Waals surface area (Å²) in [5.74, 6) is -18.0. The van der Waals surface area contributed by atoms with Crippen LogP contribution in [0, 0.1) is 46.3 Å². The van der Waals surface area contributed by atoms with E-state index >= 15 is 9.59 Å². The zero-order chi connectivity index (χ0) is 101. The Morgan fingerprint density at radius 3 is 1.08 bits per heavy atom. The summed E-state index contributed by atoms with van der Waals surface area (Å²) in [5.41, 5.74) is 29.8. The molecule has 32 N–H and O–H groups in total. The number of aromatic nitrogens is 2. The van der Waals surface area contributed by atoms with Gasteiger partial charge in [0.05, 0.1) is 12.4 Å². The predicted molar refractivity (Wildman–Crippen MR) is 501 cm³/mol. The van der Waals surface area contributed by atoms with Crippen molar-refractivity contribution in [2.24, 2.45) is 64.2 Å². The van der Waals surface area contributed by atoms with Crippen molar-refractivity contribution in [1.82, 2.24) is 95.0 Å². The number of aromatic hydroxyl groups is 1. The number of amides is 14. The maximum Gasteiger partial charge on any atom is 0.326 e. The van der Waals surface area contributed by atoms with Gasteiger partial charge in [-0.25, -0.2) is 9.78 Å². The standard InChI is InChI=1S/C90H149N25O19/c1-48(2)39-64(79(124)105-60(26-17-19-35-91)76(121)111-69(44-56-29-31-58(116)32-30-56)82(127)106-63(88(133)134)28-22-38-100-90(96)97)108-80(125)65(40-49(3)4)109-81(126)66(41-50(5)6)110-83(128)68(43-55-23-15-14-16-24-55)112-84(129)70(45-57-46-98-47-101-57)113-87(132)73(53(11)12)115-85(130)67(42-51(7)8)107-77(122)62(33-34-71(117)118)103-74(119)54(13)102-86(131)72(52(9)10)114-78(123)61(27-18-20-36-92)104-75(120)59(93)25-21-37-99-89(94)95/h14-16,23-24,29-32,46-54,59-70,72-73,116H,17-22,25-28,33-45,91-93H2,1-13H3,(H,98,101)(H,102,131)(H,103,119)(H,104,120)(H,105,124)(H,106,127)(H,107,122)(H,108,125)(H,109,126)(H,110,128)(H,111,121)(H,112,129)(H,113,132)(H,114,123)(H,115,130)(H,117,118)(H,133,134)(H4,94,95,99)(H4,96,97,100)/t54-,59-,60-,61-,62-,63-,64-,65-,66-,67-,68-,69-,70-,72-,73-/m0/s1. The van der Waals surface area contributed by atoms with Gasteiger partial charge in [-0.15, -0.1) is 0 Å². The number of benzene rings is 2. The minimum Gasteiger partial charge on any atom is -0.508 e. The zero-order valence-electron chi connectivity index (χ0n) is 79.4. The highest BCUT2D eigenvalue weighted by atomic mass is 16.4. The maximum absolute atomic E-state index is 15.1. The van der Waals surface area contributed by atoms with Crippen LogP contribution in [0.3, 0.4) is 0 Å². The van der Waals surface area contributed by atoms with Crippen LogP contribution in [0.15, 0.2) is 67.1 Å². The fourth-order valence-corrected chi connectivity index (χ4v) is 14.3. The zero-order valence-corrected chi connectivity index (χ0v) is 79.4. The third kappa shape index (κ3) is 44.7. The Bertz CT molecular complexity index is 4290. The molecule has 3 rings (SSSR count). The molecule has 44 heteroatoms. The lowest BCUT2D eigenvalue weighted by Gasteiger charge is -2.30. The number of nitrogens with two attached hydrogens (primary N) is 5. The number of hydrogen-bond donors (Lipinski definition) is 27. The number of aromatic amines is 1. The van der Waals surface area contributed by atoms with E-state index in [1.165, 1.54) is 43.7 Å². The number of carbonyl (C=O) groups excluding carboxylic acids is 14. The van der Waals surface area contributed by atoms with Crippen molar-refractivity contribution < 1.29 is 92.0 Å². The molecule has 44 nitrogen and oxygen atoms in total. The third-order valence-electron chi connectivity index (χ3n) is 21.5. The number of nitrogens with zero attached hydrogens (tertiary/aromatic N) is 1. The molecule has 134 heavy (non-hydrogen) atoms. The Hall–Kier alpha value is -12.6. The molecule has 0 aliphatic carbocycles. The van der Waals surface area contributed by atoms with Crippen molar-refractivity contribution in [2.75, 3.05) is 26.2 Å². The Balaban J connectivity index is 1.97. The molecule has 0 spiro atoms. The quantitative estimate of drug-likeness (QED) is 0.0174. The van der Waals surface area contributed by atoms with Crippen LogP contribution in [0.1, 0.15) is 210 Å². The number of carboxylic acid groups (broad SMARTS) is 2. The first-order valence-corrected chi connectivity index (χ1v) is 45.9. The van der Waals surface area contributed by atoms with E-state index in [9.17, 15) is 82.4 Å². The van der Waals surface area contributed by atoms with Crippen LogP contribution in [-0.2, 0) is 96.0 Å². The average Bonchev–Trinajstić information content (AvgIpc) is 1.15. The number of aliphatic carboxylic acids is 2. The van der Waals surface area contributed by atoms with Crippen molar-refractivity contribution in [3.63, 3.8) is 0 Å². The van der Waals surface area contributed by atoms with Crippen LogP contribution < -0.4 is 114 Å². The number of nitrogens with one attached hydrogen (secondary N) is 19. The van der Waals surface area contributed by atoms with Crippen molar-refractivity contribution in [3.8, 4) is 5.75 Å². The summed E-state index contributed by atoms with van der Waals surface area (Å²) in [6.45, 7) is 22.8. The number of guanidine groups is 2. The molecule has 748 valence electrons. The second kappa shape index (κ2) is 60.5. The van der Waals surface area contributed by atoms with Gasteiger partial charge in [0.15, 0.2) is 11.9 Å². The lowest BCUT2D eigenvalue weighted by Crippen LogP contribution is -2.62. The van der Waals surface area contributed by atoms with Crippen molar-refractivity contribution >= 4 is 107 Å². The van der Waals surface area contributed by atoms with Crippen LogP contribution in [-0.4, -0.2) is 249 Å². The molecule has 0 radical (unpaired) electrons. The first kappa shape index (κ1) is 116. The van der Waals surface area contributed by atoms with Gasteiger partial charge in [-0.2, -0.15) is 0 Å². The molecule has 2 aromatic carbocycles. The fraction of sp³-hybridized carbons (Fsp3) is 0.633. The molecular formula is C90H149N25O19. The third-order valence-corrected chi connectivity index (χ3v) is 21.5. The summed E-state index contributed by atoms with van der Waals surface area (Å²) in [4.78, 5) is 234. The Labute approximate surface area is 783 Å². The van der Waals surface area contributed by atoms with Crippen molar-refractivity contribution in [2.45, 2.75) is 303 Å². The molecule has 0 aliphatic heterocycles. The molecule has 0 saturated heterocycles. The van der Waals surface area contributed by atoms with Crippen LogP contribution in [0.25, 0.3) is 0 Å². The molecule has 14 amide bonds. The topological polar surface area (TPSA) is 733 Å². The van der Waals surface area contributed by atoms with E-state index in [4.69, 9.17) is 39.5 Å². The Morgan fingerprint density at radius 1 is 0.366 bits per heavy atom. The summed E-state index contributed by atoms with van der Waals surface area (Å²) < 4.78 is 0. The van der Waals surface area contributed by atoms with Gasteiger partial charge < -0.3 is 134 Å². The lowest BCUT2D eigenvalue weighted by molar-refractivity contribution is -0.142. The summed E-state index contributed by atoms with van der Waals surface area (Å²) in [6.07, 6.45) is 3.10. The van der Waals surface area contributed by atoms with Gasteiger partial charge in [-0.05, 0) is 175 Å². The molecule has 1 aromatic heterocycles. The number of unbranched alkanes of at least 4 members (excludes halogenated alkanes) is 2. The first-order chi connectivity index (χ1) is 63.1. The fourth-order valence-electron chi connectivity index (χ4n) is 14.3. The number of carbonyl (C=O) groups is 16. The van der Waals surface area contributed by atoms with Gasteiger partial charge in [-0.1, -0.05) is 126 Å². The molecule has 0 fully saturated rings. The number of imidazole rings is 1. The highest BCUT2D eigenvalue weighted by Crippen LogP contribution is 2.19. The molecule has 15 atom stereocenters. The summed E-state index contributed by atoms with van der Waals surface area (Å²) >= 11 is 0. The molecule has 0 bridgehead atoms. The van der Waals surface area contributed by atoms with Crippen molar-refractivity contribution in [1.29, 1.82) is 10.8 Å². The smallest absolute Gasteiger partial charge is 0.326 e. The van der Waals surface area contributed by atoms with Crippen molar-refractivity contribution in [3.05, 3.63) is 83.9 Å². The number of phenols is 1. The predicted octanol–water partition coefficient (Wildman–Crippen LogP) is -1.49. The van der Waals surface area contributed by atoms with E-state index in [0.717, 1.165) is 0 Å². The molecule has 0 unspecified atom stereocenters. The maximum atomic E-state index is 15.1. The summed E-state index contributed by atoms with van der Waals surface area (Å²) in [5, 5.41) is 87.4. The highest BCUT2D eigenvalue weighted by Gasteiger charge is 2.40. The van der Waals surface area contributed by atoms with Gasteiger partial charge in [0.1, 0.15) is 90.3 Å². The Morgan fingerprint density at radius 2 is 0.694 bits per heavy atom. The average molecular weight is 1890 g/mol. The first-order valence-electron chi connectivity index (χ1n) is 45.9. The molecule has 1 heterocycles. The number of rotatable bonds is 64. The van der Waals surface area contributed by atoms with Gasteiger partial charge >= 0.3 is 11.9 Å². The molecular weight excluding hydrogens is 1740 g/mol. The number of hydrogen-bond acceptors (Lipinski definition) is 23. The van der Waals surface area contributed by atoms with Crippen LogP contribution in [0.2, 0.25) is 0 Å². The molecule has 0 aliphatic rings. The normalized spacial score (nSPS) is 14.7. The van der Waals surface area contributed by atoms with Crippen LogP contribution in [0.5, 0.6) is 5.75 Å². The summed E-state index contributed by atoms with van der Waals surface area (Å²) in [6, 6.07) is -6.72. The van der Waals surface area contributed by atoms with Crippen LogP contribution in [0.4, 0.5) is 0 Å². The summed E-state index contributed by atoms with van der Waals surface area (Å²) in [7, 11) is 0. The van der Waals surface area contributed by atoms with Gasteiger partial charge in [-0.3, -0.25) is 82.7 Å². The minimum atomic E-state index is -1.65. The second-order valence-corrected chi connectivity index (χ2v) is 36.1. The van der Waals surface area contributed by atoms with E-state index < -0.39 is 210 Å². The Kier molecular flexibility index (Phi) is 52.2. The monoisotopic (exact) mass is 1880 g/mol. The minimum absolute atomic E-state index is 0.00106. The number of phenolic OH excluding ortho intramolecular Hbond substituents is 1. The second-order valence-electron chi connectivity index (χ2n) is 36.1. The van der Waals surface area contributed by atoms with Gasteiger partial charge in [0.25, 0.3) is 0 Å². The van der Waals surface area contributed by atoms with E-state index in [1.807, 2.05) is 0 Å². The van der Waals surface area contributed by atoms with E-state index in [0.29, 0.717) is 48.9 Å². The molecule has 3 aromatic rings. The lowest BCUT2D eigenvalue weighted by atomic mass is 9.98.